The van der Waals surface area contributed by atoms with Crippen molar-refractivity contribution in [2.24, 2.45) is 0 Å². The van der Waals surface area contributed by atoms with Crippen LogP contribution in [-0.2, 0) is 0 Å². The van der Waals surface area contributed by atoms with Crippen LogP contribution in [0.4, 0.5) is 0 Å². The Kier molecular flexibility index (Phi) is 3.21. The van der Waals surface area contributed by atoms with Crippen molar-refractivity contribution in [3.05, 3.63) is 0 Å². The second-order valence-corrected chi connectivity index (χ2v) is 4.64. The van der Waals surface area contributed by atoms with Crippen molar-refractivity contribution in [2.75, 3.05) is 18.0 Å². The summed E-state index contributed by atoms with van der Waals surface area (Å²) >= 11 is 0.289. The van der Waals surface area contributed by atoms with E-state index in [0.29, 0.717) is 0 Å². The molecule has 1 fully saturated rings. The Morgan fingerprint density at radius 1 is 1.44 bits per heavy atom. The summed E-state index contributed by atoms with van der Waals surface area (Å²) in [5.74, 6) is 0. The van der Waals surface area contributed by atoms with Gasteiger partial charge < -0.3 is 0 Å². The van der Waals surface area contributed by atoms with Crippen LogP contribution in [-0.4, -0.2) is 32.3 Å². The van der Waals surface area contributed by atoms with Gasteiger partial charge in [-0.05, 0) is 0 Å². The monoisotopic (exact) mass is 242 g/mol. The maximum absolute atomic E-state index is 9.11. The van der Waals surface area contributed by atoms with Crippen molar-refractivity contribution in [1.29, 1.82) is 0 Å². The fraction of sp³-hybridized carbons (Fsp3) is 1.00. The van der Waals surface area contributed by atoms with E-state index in [2.05, 4.69) is 8.04 Å². The second kappa shape index (κ2) is 3.73. The van der Waals surface area contributed by atoms with E-state index in [4.69, 9.17) is 5.11 Å². The van der Waals surface area contributed by atoms with Crippen LogP contribution < -0.4 is 21.5 Å². The molecule has 0 aromatic carbocycles. The van der Waals surface area contributed by atoms with Crippen molar-refractivity contribution in [2.45, 2.75) is 18.9 Å². The molecule has 1 saturated heterocycles. The fourth-order valence-electron chi connectivity index (χ4n) is 1.00. The van der Waals surface area contributed by atoms with Crippen molar-refractivity contribution < 1.29 is 26.6 Å². The summed E-state index contributed by atoms with van der Waals surface area (Å²) in [5, 5.41) is 9.11. The molecule has 1 heterocycles. The summed E-state index contributed by atoms with van der Waals surface area (Å²) in [7, 11) is 0. The number of nitrogens with zero attached hydrogens (tertiary/aromatic N) is 1. The van der Waals surface area contributed by atoms with Crippen LogP contribution in [0, 0.1) is 0 Å². The van der Waals surface area contributed by atoms with Gasteiger partial charge in [-0.3, -0.25) is 0 Å². The van der Waals surface area contributed by atoms with E-state index in [1.165, 1.54) is 0 Å². The van der Waals surface area contributed by atoms with Gasteiger partial charge in [0.25, 0.3) is 0 Å². The normalized spacial score (nSPS) is 25.1. The fourth-order valence-corrected chi connectivity index (χ4v) is 2.53. The topological polar surface area (TPSA) is 23.5 Å². The molecule has 0 radical (unpaired) electrons. The molecule has 56 valence electrons. The molecule has 0 unspecified atom stereocenters. The van der Waals surface area contributed by atoms with Gasteiger partial charge in [-0.1, -0.05) is 0 Å². The Labute approximate surface area is 66.9 Å². The molecule has 0 bridgehead atoms. The molecule has 1 N–H and O–H groups in total. The van der Waals surface area contributed by atoms with E-state index in [-0.39, 0.29) is 27.6 Å². The Balaban J connectivity index is 2.18. The zero-order valence-electron chi connectivity index (χ0n) is 5.68. The molecule has 0 aromatic heterocycles. The summed E-state index contributed by atoms with van der Waals surface area (Å²) in [6.07, 6.45) is 1.98. The first-order valence-corrected chi connectivity index (χ1v) is 6.38. The van der Waals surface area contributed by atoms with E-state index >= 15 is 0 Å². The van der Waals surface area contributed by atoms with Gasteiger partial charge in [0.2, 0.25) is 0 Å². The molecule has 0 amide bonds. The molecule has 0 aromatic rings. The Hall–Kier alpha value is 0.650. The first-order chi connectivity index (χ1) is 4.33. The van der Waals surface area contributed by atoms with Gasteiger partial charge in [-0.15, -0.1) is 0 Å². The van der Waals surface area contributed by atoms with Gasteiger partial charge >= 0.3 is 66.7 Å². The molecule has 1 aliphatic heterocycles. The van der Waals surface area contributed by atoms with Crippen LogP contribution in [0.2, 0.25) is 0 Å². The van der Waals surface area contributed by atoms with Crippen molar-refractivity contribution in [3.63, 3.8) is 0 Å². The van der Waals surface area contributed by atoms with Crippen LogP contribution in [0.25, 0.3) is 0 Å². The average Bonchev–Trinajstić information content (AvgIpc) is 1.90. The number of rotatable bonds is 1. The molecular formula is C6H13INO-. The van der Waals surface area contributed by atoms with Gasteiger partial charge in [0.1, 0.15) is 0 Å². The van der Waals surface area contributed by atoms with E-state index < -0.39 is 0 Å². The molecular weight excluding hydrogens is 229 g/mol. The van der Waals surface area contributed by atoms with E-state index in [9.17, 15) is 0 Å². The number of hydrogen-bond donors (Lipinski definition) is 1. The van der Waals surface area contributed by atoms with Crippen LogP contribution in [0.15, 0.2) is 0 Å². The van der Waals surface area contributed by atoms with Gasteiger partial charge in [0, 0.05) is 0 Å². The minimum atomic E-state index is -0.00296. The molecule has 1 aliphatic rings. The Bertz CT molecular complexity index is 81.1. The number of aliphatic hydroxyl groups is 1. The molecule has 3 heteroatoms. The van der Waals surface area contributed by atoms with Gasteiger partial charge in [-0.25, -0.2) is 0 Å². The summed E-state index contributed by atoms with van der Waals surface area (Å²) in [6, 6.07) is 0. The van der Waals surface area contributed by atoms with Crippen LogP contribution in [0.5, 0.6) is 0 Å². The SMILES string of the molecule is C[I-]N1CCC(O)CC1. The summed E-state index contributed by atoms with van der Waals surface area (Å²) in [4.78, 5) is 2.27. The Morgan fingerprint density at radius 2 is 2.00 bits per heavy atom. The third-order valence-corrected chi connectivity index (χ3v) is 3.98. The number of hydrogen-bond acceptors (Lipinski definition) is 2. The third-order valence-electron chi connectivity index (χ3n) is 1.65. The van der Waals surface area contributed by atoms with Crippen molar-refractivity contribution in [1.82, 2.24) is 3.11 Å². The zero-order chi connectivity index (χ0) is 6.69. The first kappa shape index (κ1) is 7.75. The predicted octanol–water partition coefficient (Wildman–Crippen LogP) is -2.92. The maximum atomic E-state index is 9.11. The standard InChI is InChI=1S/C6H13INO/c1-7-8-4-2-6(9)3-5-8/h6,9H,2-5H2,1H3/q-1. The van der Waals surface area contributed by atoms with Crippen molar-refractivity contribution >= 4 is 0 Å². The number of piperidine rings is 1. The van der Waals surface area contributed by atoms with E-state index in [1.807, 2.05) is 0 Å². The quantitative estimate of drug-likeness (QED) is 0.302. The molecule has 0 aliphatic carbocycles. The minimum absolute atomic E-state index is 0.00296. The molecule has 9 heavy (non-hydrogen) atoms. The van der Waals surface area contributed by atoms with Crippen LogP contribution in [0.1, 0.15) is 12.8 Å². The average molecular weight is 242 g/mol. The summed E-state index contributed by atoms with van der Waals surface area (Å²) < 4.78 is 2.48. The molecule has 0 saturated carbocycles. The van der Waals surface area contributed by atoms with E-state index in [0.717, 1.165) is 25.9 Å². The molecule has 2 nitrogen and oxygen atoms in total. The van der Waals surface area contributed by atoms with Crippen LogP contribution >= 0.6 is 0 Å². The molecule has 1 rings (SSSR count). The number of alkyl halides is 1. The van der Waals surface area contributed by atoms with Gasteiger partial charge in [-0.2, -0.15) is 0 Å². The first-order valence-electron chi connectivity index (χ1n) is 3.25. The summed E-state index contributed by atoms with van der Waals surface area (Å²) in [5.41, 5.74) is 0. The third kappa shape index (κ3) is 2.39. The van der Waals surface area contributed by atoms with Gasteiger partial charge in [0.05, 0.1) is 0 Å². The van der Waals surface area contributed by atoms with Crippen LogP contribution in [0.3, 0.4) is 0 Å². The van der Waals surface area contributed by atoms with E-state index in [1.54, 1.807) is 0 Å². The Morgan fingerprint density at radius 3 is 2.44 bits per heavy atom. The molecule has 0 spiro atoms. The number of halogens is 1. The second-order valence-electron chi connectivity index (χ2n) is 2.31. The summed E-state index contributed by atoms with van der Waals surface area (Å²) in [6.45, 7) is 2.26. The molecule has 0 atom stereocenters. The van der Waals surface area contributed by atoms with Gasteiger partial charge in [0.15, 0.2) is 0 Å². The predicted molar refractivity (Wildman–Crippen MR) is 32.7 cm³/mol. The van der Waals surface area contributed by atoms with Crippen molar-refractivity contribution in [3.8, 4) is 0 Å². The number of aliphatic hydroxyl groups excluding tert-OH is 1. The zero-order valence-corrected chi connectivity index (χ0v) is 7.84.